The molecule has 0 aromatic carbocycles. The summed E-state index contributed by atoms with van der Waals surface area (Å²) in [6.45, 7) is 0. The minimum Gasteiger partial charge on any atom is -0.501 e. The molecule has 0 atom stereocenters. The Morgan fingerprint density at radius 1 is 0.889 bits per heavy atom. The van der Waals surface area contributed by atoms with E-state index < -0.39 is 23.8 Å². The lowest BCUT2D eigenvalue weighted by atomic mass is 10.0. The van der Waals surface area contributed by atoms with Crippen LogP contribution in [-0.4, -0.2) is 46.3 Å². The Morgan fingerprint density at radius 2 is 1.39 bits per heavy atom. The van der Waals surface area contributed by atoms with Gasteiger partial charge in [0, 0.05) is 6.42 Å². The highest BCUT2D eigenvalue weighted by Gasteiger charge is 2.30. The summed E-state index contributed by atoms with van der Waals surface area (Å²) < 4.78 is 18.2. The summed E-state index contributed by atoms with van der Waals surface area (Å²) >= 11 is 0. The summed E-state index contributed by atoms with van der Waals surface area (Å²) in [7, 11) is 4.80. The van der Waals surface area contributed by atoms with Gasteiger partial charge in [0.1, 0.15) is 5.76 Å². The zero-order valence-corrected chi connectivity index (χ0v) is 10.7. The maximum Gasteiger partial charge on any atom is 0.333 e. The fraction of sp³-hybridized carbons (Fsp3) is 0.545. The zero-order chi connectivity index (χ0) is 14.1. The fourth-order valence-corrected chi connectivity index (χ4v) is 1.14. The predicted molar refractivity (Wildman–Crippen MR) is 59.2 cm³/mol. The van der Waals surface area contributed by atoms with E-state index in [-0.39, 0.29) is 12.2 Å². The number of esters is 3. The molecule has 0 aliphatic carbocycles. The molecule has 0 rings (SSSR count). The molecule has 0 spiro atoms. The highest BCUT2D eigenvalue weighted by atomic mass is 16.5. The minimum atomic E-state index is -1.18. The van der Waals surface area contributed by atoms with Gasteiger partial charge in [-0.05, 0) is 0 Å². The van der Waals surface area contributed by atoms with Crippen molar-refractivity contribution in [3.05, 3.63) is 11.8 Å². The molecule has 0 unspecified atom stereocenters. The number of hydrogen-bond acceptors (Lipinski definition) is 7. The van der Waals surface area contributed by atoms with Crippen LogP contribution in [0.2, 0.25) is 0 Å². The molecule has 0 fully saturated rings. The number of methoxy groups -OCH3 is 4. The van der Waals surface area contributed by atoms with Gasteiger partial charge in [0.05, 0.1) is 34.5 Å². The number of hydrogen-bond donors (Lipinski definition) is 0. The van der Waals surface area contributed by atoms with Crippen LogP contribution in [-0.2, 0) is 33.3 Å². The molecule has 0 radical (unpaired) electrons. The van der Waals surface area contributed by atoms with Gasteiger partial charge in [-0.3, -0.25) is 9.59 Å². The molecule has 102 valence electrons. The average Bonchev–Trinajstić information content (AvgIpc) is 2.41. The van der Waals surface area contributed by atoms with Crippen molar-refractivity contribution in [2.75, 3.05) is 28.4 Å². The molecule has 7 heteroatoms. The first-order valence-corrected chi connectivity index (χ1v) is 4.98. The van der Waals surface area contributed by atoms with Gasteiger partial charge in [-0.2, -0.15) is 0 Å². The van der Waals surface area contributed by atoms with Gasteiger partial charge >= 0.3 is 17.9 Å². The highest BCUT2D eigenvalue weighted by molar-refractivity contribution is 5.95. The number of carbonyl (C=O) groups excluding carboxylic acids is 3. The molecule has 0 aromatic rings. The number of allylic oxidation sites excluding steroid dienone is 1. The van der Waals surface area contributed by atoms with Crippen LogP contribution in [0.15, 0.2) is 11.8 Å². The van der Waals surface area contributed by atoms with Crippen LogP contribution in [0, 0.1) is 5.92 Å². The van der Waals surface area contributed by atoms with Crippen LogP contribution in [0.25, 0.3) is 0 Å². The Balaban J connectivity index is 4.94. The number of ether oxygens (including phenoxy) is 4. The van der Waals surface area contributed by atoms with Crippen molar-refractivity contribution in [3.63, 3.8) is 0 Å². The van der Waals surface area contributed by atoms with Crippen molar-refractivity contribution in [1.29, 1.82) is 0 Å². The van der Waals surface area contributed by atoms with E-state index in [1.807, 2.05) is 0 Å². The van der Waals surface area contributed by atoms with Crippen molar-refractivity contribution < 1.29 is 33.3 Å². The second-order valence-corrected chi connectivity index (χ2v) is 3.14. The van der Waals surface area contributed by atoms with Gasteiger partial charge in [-0.1, -0.05) is 0 Å². The zero-order valence-electron chi connectivity index (χ0n) is 10.7. The number of carbonyl (C=O) groups is 3. The molecule has 0 N–H and O–H groups in total. The topological polar surface area (TPSA) is 88.1 Å². The normalized spacial score (nSPS) is 10.8. The van der Waals surface area contributed by atoms with E-state index in [9.17, 15) is 14.4 Å². The highest BCUT2D eigenvalue weighted by Crippen LogP contribution is 2.16. The molecular formula is C11H16O7. The first-order valence-electron chi connectivity index (χ1n) is 4.98. The van der Waals surface area contributed by atoms with E-state index in [1.54, 1.807) is 0 Å². The van der Waals surface area contributed by atoms with Crippen LogP contribution in [0.1, 0.15) is 6.42 Å². The summed E-state index contributed by atoms with van der Waals surface area (Å²) in [5.74, 6) is -3.26. The second-order valence-electron chi connectivity index (χ2n) is 3.14. The van der Waals surface area contributed by atoms with Gasteiger partial charge in [0.2, 0.25) is 0 Å². The Labute approximate surface area is 105 Å². The fourth-order valence-electron chi connectivity index (χ4n) is 1.14. The van der Waals surface area contributed by atoms with Gasteiger partial charge in [-0.25, -0.2) is 4.79 Å². The summed E-state index contributed by atoms with van der Waals surface area (Å²) in [6.07, 6.45) is 0.893. The molecule has 7 nitrogen and oxygen atoms in total. The molecule has 0 heterocycles. The maximum absolute atomic E-state index is 11.4. The molecule has 0 aliphatic rings. The van der Waals surface area contributed by atoms with Gasteiger partial charge in [0.25, 0.3) is 0 Å². The maximum atomic E-state index is 11.4. The third kappa shape index (κ3) is 4.86. The van der Waals surface area contributed by atoms with Gasteiger partial charge in [-0.15, -0.1) is 0 Å². The third-order valence-electron chi connectivity index (χ3n) is 2.12. The second kappa shape index (κ2) is 8.10. The van der Waals surface area contributed by atoms with Crippen molar-refractivity contribution >= 4 is 17.9 Å². The van der Waals surface area contributed by atoms with Gasteiger partial charge < -0.3 is 18.9 Å². The first-order chi connectivity index (χ1) is 8.49. The first kappa shape index (κ1) is 16.0. The van der Waals surface area contributed by atoms with E-state index >= 15 is 0 Å². The Kier molecular flexibility index (Phi) is 7.18. The van der Waals surface area contributed by atoms with Crippen molar-refractivity contribution in [3.8, 4) is 0 Å². The predicted octanol–water partition coefficient (Wildman–Crippen LogP) is 0.0420. The van der Waals surface area contributed by atoms with Crippen molar-refractivity contribution in [2.45, 2.75) is 6.42 Å². The van der Waals surface area contributed by atoms with Crippen molar-refractivity contribution in [2.24, 2.45) is 5.92 Å². The third-order valence-corrected chi connectivity index (χ3v) is 2.12. The molecule has 0 amide bonds. The summed E-state index contributed by atoms with van der Waals surface area (Å²) in [5, 5.41) is 0. The van der Waals surface area contributed by atoms with E-state index in [2.05, 4.69) is 14.2 Å². The molecular weight excluding hydrogens is 244 g/mol. The van der Waals surface area contributed by atoms with Crippen LogP contribution in [0.3, 0.4) is 0 Å². The average molecular weight is 260 g/mol. The molecule has 18 heavy (non-hydrogen) atoms. The Morgan fingerprint density at radius 3 is 1.72 bits per heavy atom. The van der Waals surface area contributed by atoms with Crippen LogP contribution >= 0.6 is 0 Å². The van der Waals surface area contributed by atoms with E-state index in [0.29, 0.717) is 0 Å². The van der Waals surface area contributed by atoms with Crippen LogP contribution < -0.4 is 0 Å². The Hall–Kier alpha value is -2.05. The summed E-state index contributed by atoms with van der Waals surface area (Å²) in [5.41, 5.74) is 0. The minimum absolute atomic E-state index is 0.114. The van der Waals surface area contributed by atoms with Gasteiger partial charge in [0.15, 0.2) is 5.92 Å². The quantitative estimate of drug-likeness (QED) is 0.219. The lowest BCUT2D eigenvalue weighted by molar-refractivity contribution is -0.159. The summed E-state index contributed by atoms with van der Waals surface area (Å²) in [4.78, 5) is 33.8. The lowest BCUT2D eigenvalue weighted by Crippen LogP contribution is -2.27. The Bertz CT molecular complexity index is 329. The number of rotatable bonds is 6. The SMILES string of the molecule is COC(=O)C=C(CC(C(=O)OC)C(=O)OC)OC. The van der Waals surface area contributed by atoms with Crippen LogP contribution in [0.4, 0.5) is 0 Å². The molecule has 0 saturated heterocycles. The molecule has 0 saturated carbocycles. The molecule has 0 aromatic heterocycles. The molecule has 0 bridgehead atoms. The smallest absolute Gasteiger partial charge is 0.333 e. The van der Waals surface area contributed by atoms with Crippen molar-refractivity contribution in [1.82, 2.24) is 0 Å². The van der Waals surface area contributed by atoms with E-state index in [1.165, 1.54) is 14.2 Å². The van der Waals surface area contributed by atoms with Crippen LogP contribution in [0.5, 0.6) is 0 Å². The molecule has 0 aliphatic heterocycles. The monoisotopic (exact) mass is 260 g/mol. The lowest BCUT2D eigenvalue weighted by Gasteiger charge is -2.13. The van der Waals surface area contributed by atoms with E-state index in [4.69, 9.17) is 4.74 Å². The summed E-state index contributed by atoms with van der Waals surface area (Å²) in [6, 6.07) is 0. The largest absolute Gasteiger partial charge is 0.501 e. The van der Waals surface area contributed by atoms with E-state index in [0.717, 1.165) is 20.3 Å². The standard InChI is InChI=1S/C11H16O7/c1-15-7(6-9(12)16-2)5-8(10(13)17-3)11(14)18-4/h6,8H,5H2,1-4H3.